The summed E-state index contributed by atoms with van der Waals surface area (Å²) in [7, 11) is 3.98. The SMILES string of the molecule is CNC(CN(C)c1ccccc1F)C1CCCC1. The highest BCUT2D eigenvalue weighted by Crippen LogP contribution is 2.28. The van der Waals surface area contributed by atoms with Crippen LogP contribution in [0.25, 0.3) is 0 Å². The van der Waals surface area contributed by atoms with Crippen LogP contribution in [0.1, 0.15) is 25.7 Å². The Hall–Kier alpha value is -1.09. The minimum absolute atomic E-state index is 0.138. The Morgan fingerprint density at radius 3 is 2.61 bits per heavy atom. The van der Waals surface area contributed by atoms with Gasteiger partial charge in [-0.05, 0) is 37.9 Å². The maximum atomic E-state index is 13.7. The van der Waals surface area contributed by atoms with Crippen molar-refractivity contribution in [1.82, 2.24) is 5.32 Å². The quantitative estimate of drug-likeness (QED) is 0.864. The van der Waals surface area contributed by atoms with E-state index in [0.29, 0.717) is 11.7 Å². The molecule has 1 unspecified atom stereocenters. The van der Waals surface area contributed by atoms with Gasteiger partial charge in [-0.25, -0.2) is 4.39 Å². The van der Waals surface area contributed by atoms with Crippen LogP contribution in [0.4, 0.5) is 10.1 Å². The first-order chi connectivity index (χ1) is 8.72. The van der Waals surface area contributed by atoms with E-state index in [1.807, 2.05) is 31.1 Å². The molecular formula is C15H23FN2. The molecule has 2 nitrogen and oxygen atoms in total. The Kier molecular flexibility index (Phi) is 4.59. The number of nitrogens with zero attached hydrogens (tertiary/aromatic N) is 1. The molecule has 0 spiro atoms. The summed E-state index contributed by atoms with van der Waals surface area (Å²) in [4.78, 5) is 2.02. The van der Waals surface area contributed by atoms with Crippen LogP contribution in [-0.4, -0.2) is 26.7 Å². The monoisotopic (exact) mass is 250 g/mol. The van der Waals surface area contributed by atoms with Gasteiger partial charge in [-0.3, -0.25) is 0 Å². The average molecular weight is 250 g/mol. The third-order valence-electron chi connectivity index (χ3n) is 4.07. The van der Waals surface area contributed by atoms with Gasteiger partial charge in [0.15, 0.2) is 0 Å². The Balaban J connectivity index is 2.00. The molecular weight excluding hydrogens is 227 g/mol. The van der Waals surface area contributed by atoms with Gasteiger partial charge in [0.2, 0.25) is 0 Å². The molecule has 2 rings (SSSR count). The van der Waals surface area contributed by atoms with Crippen LogP contribution in [0, 0.1) is 11.7 Å². The lowest BCUT2D eigenvalue weighted by atomic mass is 9.97. The van der Waals surface area contributed by atoms with E-state index in [0.717, 1.165) is 12.5 Å². The predicted octanol–water partition coefficient (Wildman–Crippen LogP) is 3.04. The predicted molar refractivity (Wildman–Crippen MR) is 74.5 cm³/mol. The molecule has 1 saturated carbocycles. The van der Waals surface area contributed by atoms with Gasteiger partial charge in [-0.1, -0.05) is 25.0 Å². The third-order valence-corrected chi connectivity index (χ3v) is 4.07. The second-order valence-corrected chi connectivity index (χ2v) is 5.27. The van der Waals surface area contributed by atoms with Crippen molar-refractivity contribution in [3.8, 4) is 0 Å². The first-order valence-electron chi connectivity index (χ1n) is 6.85. The Bertz CT molecular complexity index is 375. The fraction of sp³-hybridized carbons (Fsp3) is 0.600. The van der Waals surface area contributed by atoms with E-state index in [1.54, 1.807) is 6.07 Å². The normalized spacial score (nSPS) is 17.9. The highest BCUT2D eigenvalue weighted by molar-refractivity contribution is 5.46. The molecule has 0 aromatic heterocycles. The molecule has 1 fully saturated rings. The van der Waals surface area contributed by atoms with E-state index < -0.39 is 0 Å². The van der Waals surface area contributed by atoms with E-state index in [1.165, 1.54) is 31.7 Å². The van der Waals surface area contributed by atoms with Gasteiger partial charge in [-0.15, -0.1) is 0 Å². The van der Waals surface area contributed by atoms with Gasteiger partial charge >= 0.3 is 0 Å². The zero-order valence-corrected chi connectivity index (χ0v) is 11.3. The first kappa shape index (κ1) is 13.3. The zero-order chi connectivity index (χ0) is 13.0. The van der Waals surface area contributed by atoms with Crippen molar-refractivity contribution in [3.05, 3.63) is 30.1 Å². The van der Waals surface area contributed by atoms with Gasteiger partial charge in [0, 0.05) is 19.6 Å². The molecule has 0 radical (unpaired) electrons. The Labute approximate surface area is 109 Å². The third kappa shape index (κ3) is 3.02. The number of likely N-dealkylation sites (N-methyl/N-ethyl adjacent to an activating group) is 2. The summed E-state index contributed by atoms with van der Waals surface area (Å²) in [5.41, 5.74) is 0.691. The Morgan fingerprint density at radius 1 is 1.33 bits per heavy atom. The van der Waals surface area contributed by atoms with Gasteiger partial charge in [0.25, 0.3) is 0 Å². The van der Waals surface area contributed by atoms with Crippen LogP contribution in [0.15, 0.2) is 24.3 Å². The summed E-state index contributed by atoms with van der Waals surface area (Å²) >= 11 is 0. The molecule has 0 saturated heterocycles. The van der Waals surface area contributed by atoms with Crippen molar-refractivity contribution in [2.24, 2.45) is 5.92 Å². The molecule has 1 aromatic carbocycles. The van der Waals surface area contributed by atoms with Gasteiger partial charge < -0.3 is 10.2 Å². The number of hydrogen-bond donors (Lipinski definition) is 1. The van der Waals surface area contributed by atoms with Crippen LogP contribution in [0.5, 0.6) is 0 Å². The number of halogens is 1. The second-order valence-electron chi connectivity index (χ2n) is 5.27. The van der Waals surface area contributed by atoms with Crippen molar-refractivity contribution in [2.45, 2.75) is 31.7 Å². The first-order valence-corrected chi connectivity index (χ1v) is 6.85. The minimum Gasteiger partial charge on any atom is -0.371 e. The van der Waals surface area contributed by atoms with E-state index in [2.05, 4.69) is 5.32 Å². The summed E-state index contributed by atoms with van der Waals surface area (Å²) in [6.45, 7) is 0.863. The zero-order valence-electron chi connectivity index (χ0n) is 11.3. The lowest BCUT2D eigenvalue weighted by Crippen LogP contribution is -2.42. The van der Waals surface area contributed by atoms with Crippen molar-refractivity contribution < 1.29 is 4.39 Å². The van der Waals surface area contributed by atoms with Crippen LogP contribution in [-0.2, 0) is 0 Å². The lowest BCUT2D eigenvalue weighted by molar-refractivity contribution is 0.381. The molecule has 0 bridgehead atoms. The highest BCUT2D eigenvalue weighted by atomic mass is 19.1. The fourth-order valence-corrected chi connectivity index (χ4v) is 2.99. The summed E-state index contributed by atoms with van der Waals surface area (Å²) < 4.78 is 13.7. The average Bonchev–Trinajstić information content (AvgIpc) is 2.90. The lowest BCUT2D eigenvalue weighted by Gasteiger charge is -2.29. The van der Waals surface area contributed by atoms with E-state index >= 15 is 0 Å². The molecule has 0 amide bonds. The van der Waals surface area contributed by atoms with Crippen molar-refractivity contribution in [3.63, 3.8) is 0 Å². The smallest absolute Gasteiger partial charge is 0.146 e. The molecule has 0 aliphatic heterocycles. The molecule has 3 heteroatoms. The largest absolute Gasteiger partial charge is 0.371 e. The molecule has 1 N–H and O–H groups in total. The van der Waals surface area contributed by atoms with Crippen LogP contribution in [0.3, 0.4) is 0 Å². The van der Waals surface area contributed by atoms with E-state index in [9.17, 15) is 4.39 Å². The van der Waals surface area contributed by atoms with Crippen molar-refractivity contribution >= 4 is 5.69 Å². The number of nitrogens with one attached hydrogen (secondary N) is 1. The number of rotatable bonds is 5. The maximum absolute atomic E-state index is 13.7. The summed E-state index contributed by atoms with van der Waals surface area (Å²) in [5, 5.41) is 3.40. The molecule has 1 aliphatic carbocycles. The van der Waals surface area contributed by atoms with Gasteiger partial charge in [-0.2, -0.15) is 0 Å². The molecule has 18 heavy (non-hydrogen) atoms. The Morgan fingerprint density at radius 2 is 2.00 bits per heavy atom. The molecule has 0 heterocycles. The summed E-state index contributed by atoms with van der Waals surface area (Å²) in [6.07, 6.45) is 5.28. The van der Waals surface area contributed by atoms with E-state index in [-0.39, 0.29) is 5.82 Å². The topological polar surface area (TPSA) is 15.3 Å². The number of para-hydroxylation sites is 1. The van der Waals surface area contributed by atoms with Gasteiger partial charge in [0.05, 0.1) is 5.69 Å². The molecule has 100 valence electrons. The number of anilines is 1. The van der Waals surface area contributed by atoms with Crippen LogP contribution < -0.4 is 10.2 Å². The molecule has 1 atom stereocenters. The highest BCUT2D eigenvalue weighted by Gasteiger charge is 2.25. The second kappa shape index (κ2) is 6.19. The van der Waals surface area contributed by atoms with Crippen molar-refractivity contribution in [2.75, 3.05) is 25.5 Å². The summed E-state index contributed by atoms with van der Waals surface area (Å²) in [5.74, 6) is 0.602. The minimum atomic E-state index is -0.138. The number of benzene rings is 1. The van der Waals surface area contributed by atoms with E-state index in [4.69, 9.17) is 0 Å². The number of hydrogen-bond acceptors (Lipinski definition) is 2. The standard InChI is InChI=1S/C15H23FN2/c1-17-14(12-7-3-4-8-12)11-18(2)15-10-6-5-9-13(15)16/h5-6,9-10,12,14,17H,3-4,7-8,11H2,1-2H3. The van der Waals surface area contributed by atoms with Crippen molar-refractivity contribution in [1.29, 1.82) is 0 Å². The maximum Gasteiger partial charge on any atom is 0.146 e. The molecule has 1 aromatic rings. The van der Waals surface area contributed by atoms with Gasteiger partial charge in [0.1, 0.15) is 5.82 Å². The summed E-state index contributed by atoms with van der Waals surface area (Å²) in [6, 6.07) is 7.45. The van der Waals surface area contributed by atoms with Crippen LogP contribution in [0.2, 0.25) is 0 Å². The van der Waals surface area contributed by atoms with Crippen LogP contribution >= 0.6 is 0 Å². The fourth-order valence-electron chi connectivity index (χ4n) is 2.99. The molecule has 1 aliphatic rings.